The van der Waals surface area contributed by atoms with Gasteiger partial charge in [-0.15, -0.1) is 0 Å². The number of ether oxygens (including phenoxy) is 1. The fourth-order valence-corrected chi connectivity index (χ4v) is 1.44. The number of halogens is 2. The molecule has 0 fully saturated rings. The van der Waals surface area contributed by atoms with Crippen molar-refractivity contribution in [3.05, 3.63) is 33.8 Å². The van der Waals surface area contributed by atoms with Crippen LogP contribution in [0, 0.1) is 11.8 Å². The molecule has 0 aliphatic carbocycles. The normalized spacial score (nSPS) is 9.00. The summed E-state index contributed by atoms with van der Waals surface area (Å²) in [7, 11) is 0. The van der Waals surface area contributed by atoms with Gasteiger partial charge < -0.3 is 4.74 Å². The highest BCUT2D eigenvalue weighted by atomic mass is 35.5. The Morgan fingerprint density at radius 2 is 1.93 bits per heavy atom. The molecule has 0 aromatic heterocycles. The van der Waals surface area contributed by atoms with Crippen LogP contribution in [0.5, 0.6) is 0 Å². The average Bonchev–Trinajstić information content (AvgIpc) is 2.14. The molecule has 0 atom stereocenters. The second-order valence-corrected chi connectivity index (χ2v) is 3.50. The van der Waals surface area contributed by atoms with Gasteiger partial charge in [-0.3, -0.25) is 0 Å². The number of hydrogen-bond donors (Lipinski definition) is 0. The molecule has 0 heterocycles. The van der Waals surface area contributed by atoms with E-state index < -0.39 is 5.97 Å². The van der Waals surface area contributed by atoms with Crippen LogP contribution in [-0.4, -0.2) is 12.6 Å². The maximum Gasteiger partial charge on any atom is 0.384 e. The van der Waals surface area contributed by atoms with Crippen LogP contribution in [0.3, 0.4) is 0 Å². The van der Waals surface area contributed by atoms with Crippen molar-refractivity contribution in [2.24, 2.45) is 0 Å². The van der Waals surface area contributed by atoms with Gasteiger partial charge in [0.15, 0.2) is 0 Å². The molecule has 0 aliphatic rings. The lowest BCUT2D eigenvalue weighted by atomic mass is 10.2. The van der Waals surface area contributed by atoms with E-state index in [-0.39, 0.29) is 0 Å². The maximum atomic E-state index is 10.9. The van der Waals surface area contributed by atoms with Gasteiger partial charge in [-0.1, -0.05) is 29.1 Å². The molecule has 0 aliphatic heterocycles. The molecule has 0 N–H and O–H groups in total. The van der Waals surface area contributed by atoms with E-state index in [1.807, 2.05) is 0 Å². The van der Waals surface area contributed by atoms with E-state index in [0.29, 0.717) is 22.2 Å². The number of rotatable bonds is 1. The largest absolute Gasteiger partial charge is 0.456 e. The van der Waals surface area contributed by atoms with Crippen LogP contribution >= 0.6 is 23.2 Å². The zero-order chi connectivity index (χ0) is 11.3. The van der Waals surface area contributed by atoms with Crippen LogP contribution in [0.2, 0.25) is 10.0 Å². The summed E-state index contributed by atoms with van der Waals surface area (Å²) < 4.78 is 4.65. The first-order valence-electron chi connectivity index (χ1n) is 4.26. The van der Waals surface area contributed by atoms with Crippen LogP contribution in [0.1, 0.15) is 12.5 Å². The molecule has 78 valence electrons. The Balaban J connectivity index is 2.84. The minimum Gasteiger partial charge on any atom is -0.456 e. The second-order valence-electron chi connectivity index (χ2n) is 2.63. The van der Waals surface area contributed by atoms with Gasteiger partial charge in [0, 0.05) is 21.5 Å². The van der Waals surface area contributed by atoms with Crippen molar-refractivity contribution < 1.29 is 9.53 Å². The summed E-state index contributed by atoms with van der Waals surface area (Å²) >= 11 is 11.5. The Bertz CT molecular complexity index is 410. The fourth-order valence-electron chi connectivity index (χ4n) is 0.916. The van der Waals surface area contributed by atoms with Crippen LogP contribution in [0.25, 0.3) is 0 Å². The van der Waals surface area contributed by atoms with E-state index in [1.54, 1.807) is 25.1 Å². The van der Waals surface area contributed by atoms with E-state index >= 15 is 0 Å². The van der Waals surface area contributed by atoms with E-state index in [9.17, 15) is 4.79 Å². The third kappa shape index (κ3) is 4.24. The molecule has 0 spiro atoms. The number of benzene rings is 1. The third-order valence-corrected chi connectivity index (χ3v) is 1.88. The Kier molecular flexibility index (Phi) is 4.48. The van der Waals surface area contributed by atoms with E-state index in [2.05, 4.69) is 16.6 Å². The molecule has 0 saturated heterocycles. The van der Waals surface area contributed by atoms with Gasteiger partial charge in [-0.25, -0.2) is 4.79 Å². The topological polar surface area (TPSA) is 26.3 Å². The summed E-state index contributed by atoms with van der Waals surface area (Å²) in [5, 5.41) is 0.964. The zero-order valence-electron chi connectivity index (χ0n) is 8.01. The lowest BCUT2D eigenvalue weighted by molar-refractivity contribution is -0.136. The first-order chi connectivity index (χ1) is 7.11. The van der Waals surface area contributed by atoms with E-state index in [0.717, 1.165) is 0 Å². The number of hydrogen-bond acceptors (Lipinski definition) is 2. The zero-order valence-corrected chi connectivity index (χ0v) is 9.52. The highest BCUT2D eigenvalue weighted by molar-refractivity contribution is 6.34. The molecular formula is C11H8Cl2O2. The summed E-state index contributed by atoms with van der Waals surface area (Å²) in [6.07, 6.45) is 0. The molecular weight excluding hydrogens is 235 g/mol. The van der Waals surface area contributed by atoms with Crippen molar-refractivity contribution >= 4 is 29.2 Å². The van der Waals surface area contributed by atoms with Crippen molar-refractivity contribution in [2.75, 3.05) is 6.61 Å². The standard InChI is InChI=1S/C11H8Cl2O2/c1-2-15-11(14)4-3-8-5-9(12)7-10(13)6-8/h5-7H,2H2,1H3. The van der Waals surface area contributed by atoms with Crippen LogP contribution < -0.4 is 0 Å². The molecule has 4 heteroatoms. The van der Waals surface area contributed by atoms with Crippen molar-refractivity contribution in [3.63, 3.8) is 0 Å². The molecule has 0 radical (unpaired) electrons. The first kappa shape index (κ1) is 11.9. The molecule has 0 saturated carbocycles. The quantitative estimate of drug-likeness (QED) is 0.560. The Hall–Kier alpha value is -1.17. The van der Waals surface area contributed by atoms with E-state index in [1.165, 1.54) is 0 Å². The van der Waals surface area contributed by atoms with Crippen LogP contribution in [-0.2, 0) is 9.53 Å². The smallest absolute Gasteiger partial charge is 0.384 e. The van der Waals surface area contributed by atoms with Gasteiger partial charge in [0.25, 0.3) is 0 Å². The summed E-state index contributed by atoms with van der Waals surface area (Å²) in [5.41, 5.74) is 0.584. The third-order valence-electron chi connectivity index (χ3n) is 1.45. The van der Waals surface area contributed by atoms with Gasteiger partial charge in [-0.05, 0) is 25.1 Å². The summed E-state index contributed by atoms with van der Waals surface area (Å²) in [4.78, 5) is 10.9. The maximum absolute atomic E-state index is 10.9. The highest BCUT2D eigenvalue weighted by Gasteiger charge is 1.96. The molecule has 0 amide bonds. The van der Waals surface area contributed by atoms with Gasteiger partial charge in [-0.2, -0.15) is 0 Å². The van der Waals surface area contributed by atoms with Crippen molar-refractivity contribution in [2.45, 2.75) is 6.92 Å². The summed E-state index contributed by atoms with van der Waals surface area (Å²) in [6, 6.07) is 4.85. The predicted molar refractivity (Wildman–Crippen MR) is 60.0 cm³/mol. The Morgan fingerprint density at radius 1 is 1.33 bits per heavy atom. The van der Waals surface area contributed by atoms with Crippen LogP contribution in [0.4, 0.5) is 0 Å². The SMILES string of the molecule is CCOC(=O)C#Cc1cc(Cl)cc(Cl)c1. The lowest BCUT2D eigenvalue weighted by Crippen LogP contribution is -1.99. The molecule has 1 aromatic carbocycles. The highest BCUT2D eigenvalue weighted by Crippen LogP contribution is 2.18. The second kappa shape index (κ2) is 5.65. The molecule has 1 aromatic rings. The van der Waals surface area contributed by atoms with Crippen molar-refractivity contribution in [1.82, 2.24) is 0 Å². The monoisotopic (exact) mass is 242 g/mol. The average molecular weight is 243 g/mol. The molecule has 0 bridgehead atoms. The molecule has 2 nitrogen and oxygen atoms in total. The molecule has 15 heavy (non-hydrogen) atoms. The van der Waals surface area contributed by atoms with Crippen LogP contribution in [0.15, 0.2) is 18.2 Å². The lowest BCUT2D eigenvalue weighted by Gasteiger charge is -1.94. The van der Waals surface area contributed by atoms with Gasteiger partial charge in [0.1, 0.15) is 0 Å². The number of esters is 1. The fraction of sp³-hybridized carbons (Fsp3) is 0.182. The minimum absolute atomic E-state index is 0.309. The molecule has 0 unspecified atom stereocenters. The van der Waals surface area contributed by atoms with Crippen molar-refractivity contribution in [1.29, 1.82) is 0 Å². The summed E-state index contributed by atoms with van der Waals surface area (Å²) in [6.45, 7) is 2.03. The van der Waals surface area contributed by atoms with Crippen molar-refractivity contribution in [3.8, 4) is 11.8 Å². The van der Waals surface area contributed by atoms with Gasteiger partial charge in [0.05, 0.1) is 6.61 Å². The summed E-state index contributed by atoms with van der Waals surface area (Å²) in [5.74, 6) is 4.38. The van der Waals surface area contributed by atoms with Gasteiger partial charge in [0.2, 0.25) is 0 Å². The molecule has 1 rings (SSSR count). The Labute approximate surface area is 98.1 Å². The van der Waals surface area contributed by atoms with E-state index in [4.69, 9.17) is 23.2 Å². The minimum atomic E-state index is -0.561. The first-order valence-corrected chi connectivity index (χ1v) is 5.02. The number of carbonyl (C=O) groups excluding carboxylic acids is 1. The van der Waals surface area contributed by atoms with Gasteiger partial charge >= 0.3 is 5.97 Å². The number of carbonyl (C=O) groups is 1. The Morgan fingerprint density at radius 3 is 2.47 bits per heavy atom. The predicted octanol–water partition coefficient (Wildman–Crippen LogP) is 2.91.